The van der Waals surface area contributed by atoms with Crippen LogP contribution in [0.5, 0.6) is 0 Å². The van der Waals surface area contributed by atoms with E-state index in [4.69, 9.17) is 20.9 Å². The third kappa shape index (κ3) is 17.9. The molecule has 400 valence electrons. The number of hydrogen-bond donors (Lipinski definition) is 14. The van der Waals surface area contributed by atoms with E-state index in [1.165, 1.54) is 0 Å². The molecular formula is C46H82N10O14. The maximum atomic E-state index is 14.1. The average molecular weight is 999 g/mol. The van der Waals surface area contributed by atoms with Crippen LogP contribution in [0.15, 0.2) is 0 Å². The zero-order valence-electron chi connectivity index (χ0n) is 41.9. The molecule has 3 saturated heterocycles. The Labute approximate surface area is 410 Å². The minimum atomic E-state index is -1.57. The van der Waals surface area contributed by atoms with Crippen LogP contribution >= 0.6 is 0 Å². The SMILES string of the molecule is CC(C)C[C@@H]1NC(=O)C[C@@H]2O[C@H](CNC(=O)C[C@@H]3O[C@H](CNC(=O)[C@H](CCCN)NC(=O)[C@H](C(C)C)NC(=O)[C@H](CC(C)C)NC(=O)[C@H](CCCN)NC(=O)[C@H](C(C)C)NC1=O)[C@@H](O)[C@H]3O)[C@@H](O)[C@H]2O. The van der Waals surface area contributed by atoms with E-state index >= 15 is 0 Å². The van der Waals surface area contributed by atoms with Gasteiger partial charge in [-0.3, -0.25) is 38.4 Å². The van der Waals surface area contributed by atoms with Crippen LogP contribution in [0.3, 0.4) is 0 Å². The fourth-order valence-electron chi connectivity index (χ4n) is 8.52. The molecule has 4 bridgehead atoms. The van der Waals surface area contributed by atoms with Crippen LogP contribution in [0.25, 0.3) is 0 Å². The van der Waals surface area contributed by atoms with Crippen LogP contribution in [-0.2, 0) is 47.8 Å². The van der Waals surface area contributed by atoms with Crippen LogP contribution in [0.4, 0.5) is 0 Å². The van der Waals surface area contributed by atoms with E-state index in [0.717, 1.165) is 0 Å². The number of carbonyl (C=O) groups excluding carboxylic acids is 8. The molecule has 3 fully saturated rings. The number of aliphatic hydroxyl groups is 4. The number of carbonyl (C=O) groups is 8. The van der Waals surface area contributed by atoms with Gasteiger partial charge in [-0.2, -0.15) is 0 Å². The molecule has 16 N–H and O–H groups in total. The molecule has 24 nitrogen and oxygen atoms in total. The van der Waals surface area contributed by atoms with Crippen LogP contribution in [0.2, 0.25) is 0 Å². The van der Waals surface area contributed by atoms with Gasteiger partial charge in [0.15, 0.2) is 0 Å². The highest BCUT2D eigenvalue weighted by atomic mass is 16.5. The highest BCUT2D eigenvalue weighted by molar-refractivity contribution is 5.97. The first-order valence-electron chi connectivity index (χ1n) is 24.7. The second-order valence-corrected chi connectivity index (χ2v) is 20.2. The van der Waals surface area contributed by atoms with E-state index in [2.05, 4.69) is 42.5 Å². The fourth-order valence-corrected chi connectivity index (χ4v) is 8.52. The van der Waals surface area contributed by atoms with E-state index in [-0.39, 0.29) is 70.1 Å². The van der Waals surface area contributed by atoms with Crippen molar-refractivity contribution in [3.8, 4) is 0 Å². The largest absolute Gasteiger partial charge is 0.388 e. The lowest BCUT2D eigenvalue weighted by Crippen LogP contribution is -2.61. The van der Waals surface area contributed by atoms with Crippen LogP contribution in [-0.4, -0.2) is 179 Å². The zero-order chi connectivity index (χ0) is 52.6. The summed E-state index contributed by atoms with van der Waals surface area (Å²) in [6.07, 6.45) is -11.0. The van der Waals surface area contributed by atoms with Gasteiger partial charge < -0.3 is 83.9 Å². The first kappa shape index (κ1) is 59.7. The minimum Gasteiger partial charge on any atom is -0.388 e. The molecule has 0 saturated carbocycles. The molecule has 24 heteroatoms. The van der Waals surface area contributed by atoms with Crippen molar-refractivity contribution in [2.24, 2.45) is 35.1 Å². The summed E-state index contributed by atoms with van der Waals surface area (Å²) in [6.45, 7) is 13.7. The standard InChI is InChI=1S/C46H82N10O14/c1-21(2)15-27-43(65)55-36(24(7)8)46(68)53-26(12-10-14-48)42(64)54-28(16-22(3)4)44(66)56-35(23(5)6)45(67)52-25(11-9-13-47)41(63)50-20-32-40(62)37(59)29(69-32)17-33(57)49-19-31-39(61)38(60)30(70-31)18-34(58)51-27/h21-32,35-40,59-62H,9-20,47-48H2,1-8H3,(H,49,57)(H,50,63)(H,51,58)(H,52,67)(H,53,68)(H,54,64)(H,55,65)(H,56,66)/t25-,26-,27-,28-,29-,30-,31+,32+,35-,36-,37-,38-,39+,40+/m0/s1. The highest BCUT2D eigenvalue weighted by Crippen LogP contribution is 2.26. The summed E-state index contributed by atoms with van der Waals surface area (Å²) < 4.78 is 11.6. The first-order chi connectivity index (χ1) is 32.9. The molecule has 0 aromatic heterocycles. The summed E-state index contributed by atoms with van der Waals surface area (Å²) in [5, 5.41) is 64.6. The number of nitrogens with two attached hydrogens (primary N) is 2. The summed E-state index contributed by atoms with van der Waals surface area (Å²) in [5.41, 5.74) is 11.6. The Morgan fingerprint density at radius 3 is 1.23 bits per heavy atom. The van der Waals surface area contributed by atoms with Crippen LogP contribution in [0, 0.1) is 23.7 Å². The average Bonchev–Trinajstić information content (AvgIpc) is 3.70. The maximum Gasteiger partial charge on any atom is 0.243 e. The third-order valence-corrected chi connectivity index (χ3v) is 12.5. The Morgan fingerprint density at radius 2 is 0.814 bits per heavy atom. The molecule has 8 amide bonds. The van der Waals surface area contributed by atoms with E-state index in [0.29, 0.717) is 6.42 Å². The molecule has 70 heavy (non-hydrogen) atoms. The van der Waals surface area contributed by atoms with E-state index < -0.39 is 157 Å². The van der Waals surface area contributed by atoms with Gasteiger partial charge in [0.2, 0.25) is 47.3 Å². The smallest absolute Gasteiger partial charge is 0.243 e. The molecule has 0 radical (unpaired) electrons. The van der Waals surface area contributed by atoms with E-state index in [9.17, 15) is 58.8 Å². The van der Waals surface area contributed by atoms with Gasteiger partial charge >= 0.3 is 0 Å². The summed E-state index contributed by atoms with van der Waals surface area (Å²) in [5.74, 6) is -7.00. The summed E-state index contributed by atoms with van der Waals surface area (Å²) >= 11 is 0. The number of fused-ring (bicyclic) bond motifs is 4. The zero-order valence-corrected chi connectivity index (χ0v) is 41.9. The van der Waals surface area contributed by atoms with Crippen molar-refractivity contribution >= 4 is 47.3 Å². The van der Waals surface area contributed by atoms with Gasteiger partial charge in [0, 0.05) is 13.1 Å². The molecule has 3 rings (SSSR count). The second-order valence-electron chi connectivity index (χ2n) is 20.2. The molecule has 0 aromatic rings. The predicted octanol–water partition coefficient (Wildman–Crippen LogP) is -4.22. The Balaban J connectivity index is 2.00. The quantitative estimate of drug-likeness (QED) is 0.0881. The van der Waals surface area contributed by atoms with Crippen LogP contribution in [0.1, 0.15) is 107 Å². The minimum absolute atomic E-state index is 0.0577. The van der Waals surface area contributed by atoms with Crippen LogP contribution < -0.4 is 54.0 Å². The molecule has 0 aliphatic carbocycles. The maximum absolute atomic E-state index is 14.1. The number of amides is 8. The molecule has 14 atom stereocenters. The first-order valence-corrected chi connectivity index (χ1v) is 24.7. The van der Waals surface area contributed by atoms with E-state index in [1.807, 2.05) is 27.7 Å². The van der Waals surface area contributed by atoms with Gasteiger partial charge in [-0.1, -0.05) is 55.4 Å². The number of rotatable bonds is 12. The monoisotopic (exact) mass is 999 g/mol. The summed E-state index contributed by atoms with van der Waals surface area (Å²) in [4.78, 5) is 110. The topological polar surface area (TPSA) is 384 Å². The van der Waals surface area contributed by atoms with Crippen molar-refractivity contribution in [1.82, 2.24) is 42.5 Å². The molecule has 3 heterocycles. The Bertz CT molecular complexity index is 1770. The fraction of sp³-hybridized carbons (Fsp3) is 0.826. The lowest BCUT2D eigenvalue weighted by molar-refractivity contribution is -0.136. The molecular weight excluding hydrogens is 917 g/mol. The molecule has 3 aliphatic heterocycles. The van der Waals surface area contributed by atoms with Crippen molar-refractivity contribution in [2.45, 2.75) is 192 Å². The third-order valence-electron chi connectivity index (χ3n) is 12.5. The van der Waals surface area contributed by atoms with Crippen molar-refractivity contribution in [2.75, 3.05) is 26.2 Å². The van der Waals surface area contributed by atoms with Crippen molar-refractivity contribution < 1.29 is 68.3 Å². The van der Waals surface area contributed by atoms with Crippen molar-refractivity contribution in [3.05, 3.63) is 0 Å². The lowest BCUT2D eigenvalue weighted by Gasteiger charge is -2.30. The second kappa shape index (κ2) is 28.5. The summed E-state index contributed by atoms with van der Waals surface area (Å²) in [6, 6.07) is -7.18. The van der Waals surface area contributed by atoms with Gasteiger partial charge in [0.1, 0.15) is 72.9 Å². The number of aliphatic hydroxyl groups excluding tert-OH is 4. The van der Waals surface area contributed by atoms with Gasteiger partial charge in [-0.15, -0.1) is 0 Å². The molecule has 3 aliphatic rings. The Kier molecular flexibility index (Phi) is 24.3. The van der Waals surface area contributed by atoms with Crippen molar-refractivity contribution in [3.63, 3.8) is 0 Å². The van der Waals surface area contributed by atoms with Gasteiger partial charge in [-0.05, 0) is 75.3 Å². The summed E-state index contributed by atoms with van der Waals surface area (Å²) in [7, 11) is 0. The lowest BCUT2D eigenvalue weighted by atomic mass is 9.98. The van der Waals surface area contributed by atoms with E-state index in [1.54, 1.807) is 27.7 Å². The Morgan fingerprint density at radius 1 is 0.457 bits per heavy atom. The normalized spacial score (nSPS) is 33.3. The number of ether oxygens (including phenoxy) is 2. The van der Waals surface area contributed by atoms with Crippen molar-refractivity contribution in [1.29, 1.82) is 0 Å². The highest BCUT2D eigenvalue weighted by Gasteiger charge is 2.46. The number of nitrogens with one attached hydrogen (secondary N) is 8. The van der Waals surface area contributed by atoms with Gasteiger partial charge in [0.05, 0.1) is 25.0 Å². The van der Waals surface area contributed by atoms with Gasteiger partial charge in [0.25, 0.3) is 0 Å². The molecule has 0 spiro atoms. The number of hydrogen-bond acceptors (Lipinski definition) is 16. The molecule has 0 unspecified atom stereocenters. The van der Waals surface area contributed by atoms with Gasteiger partial charge in [-0.25, -0.2) is 0 Å². The predicted molar refractivity (Wildman–Crippen MR) is 253 cm³/mol. The Hall–Kier alpha value is -4.56. The molecule has 0 aromatic carbocycles.